The Morgan fingerprint density at radius 2 is 1.89 bits per heavy atom. The topological polar surface area (TPSA) is 107 Å². The van der Waals surface area contributed by atoms with Crippen LogP contribution in [-0.2, 0) is 16.6 Å². The number of hydrogen-bond donors (Lipinski definition) is 2. The van der Waals surface area contributed by atoms with Crippen molar-refractivity contribution in [2.45, 2.75) is 17.6 Å². The van der Waals surface area contributed by atoms with Gasteiger partial charge in [-0.1, -0.05) is 29.8 Å². The maximum atomic E-state index is 15.5. The second-order valence-corrected chi connectivity index (χ2v) is 11.0. The van der Waals surface area contributed by atoms with E-state index in [9.17, 15) is 12.8 Å². The molecule has 0 aliphatic heterocycles. The monoisotopic (exact) mass is 580 g/mol. The van der Waals surface area contributed by atoms with Gasteiger partial charge in [0, 0.05) is 28.8 Å². The molecular formula is C25H23ClF2N4O4S2. The number of rotatable bonds is 10. The van der Waals surface area contributed by atoms with Gasteiger partial charge in [-0.05, 0) is 30.3 Å². The van der Waals surface area contributed by atoms with Crippen LogP contribution in [0.25, 0.3) is 0 Å². The first-order chi connectivity index (χ1) is 18.2. The summed E-state index contributed by atoms with van der Waals surface area (Å²) in [7, 11) is -1.57. The van der Waals surface area contributed by atoms with Crippen molar-refractivity contribution in [2.24, 2.45) is 5.73 Å². The number of aromatic nitrogens is 1. The fourth-order valence-electron chi connectivity index (χ4n) is 3.67. The average molecular weight is 581 g/mol. The zero-order chi connectivity index (χ0) is 27.4. The number of nitrogens with two attached hydrogens (primary N) is 1. The van der Waals surface area contributed by atoms with Crippen LogP contribution >= 0.6 is 22.9 Å². The summed E-state index contributed by atoms with van der Waals surface area (Å²) in [6.45, 7) is -0.210. The molecule has 0 aliphatic rings. The molecule has 1 atom stereocenters. The minimum Gasteiger partial charge on any atom is -0.497 e. The molecule has 4 rings (SSSR count). The van der Waals surface area contributed by atoms with Gasteiger partial charge in [-0.3, -0.25) is 0 Å². The summed E-state index contributed by atoms with van der Waals surface area (Å²) in [5.41, 5.74) is 6.65. The Morgan fingerprint density at radius 3 is 2.55 bits per heavy atom. The Labute approximate surface area is 227 Å². The van der Waals surface area contributed by atoms with Crippen molar-refractivity contribution in [3.05, 3.63) is 94.0 Å². The van der Waals surface area contributed by atoms with Crippen LogP contribution in [0.4, 0.5) is 19.6 Å². The van der Waals surface area contributed by atoms with Gasteiger partial charge in [0.15, 0.2) is 10.9 Å². The number of benzene rings is 3. The lowest BCUT2D eigenvalue weighted by molar-refractivity contribution is 0.391. The number of nitrogens with zero attached hydrogens (tertiary/aromatic N) is 2. The normalized spacial score (nSPS) is 12.2. The molecule has 13 heteroatoms. The van der Waals surface area contributed by atoms with Gasteiger partial charge in [0.05, 0.1) is 26.5 Å². The van der Waals surface area contributed by atoms with E-state index in [2.05, 4.69) is 10.3 Å². The quantitative estimate of drug-likeness (QED) is 0.237. The molecule has 38 heavy (non-hydrogen) atoms. The Kier molecular flexibility index (Phi) is 8.36. The van der Waals surface area contributed by atoms with E-state index in [4.69, 9.17) is 26.8 Å². The summed E-state index contributed by atoms with van der Waals surface area (Å²) in [6, 6.07) is 13.1. The third-order valence-corrected chi connectivity index (χ3v) is 8.64. The van der Waals surface area contributed by atoms with Crippen molar-refractivity contribution in [1.29, 1.82) is 0 Å². The van der Waals surface area contributed by atoms with Crippen LogP contribution in [0.15, 0.2) is 71.1 Å². The number of thiazole rings is 1. The van der Waals surface area contributed by atoms with Crippen molar-refractivity contribution >= 4 is 43.8 Å². The first-order valence-corrected chi connectivity index (χ1v) is 13.7. The van der Waals surface area contributed by atoms with E-state index in [1.165, 1.54) is 44.7 Å². The van der Waals surface area contributed by atoms with E-state index >= 15 is 4.39 Å². The zero-order valence-corrected chi connectivity index (χ0v) is 22.6. The van der Waals surface area contributed by atoms with Crippen LogP contribution in [0.1, 0.15) is 17.3 Å². The molecule has 0 radical (unpaired) electrons. The van der Waals surface area contributed by atoms with Gasteiger partial charge in [-0.2, -0.15) is 0 Å². The maximum absolute atomic E-state index is 15.5. The molecule has 0 aliphatic carbocycles. The van der Waals surface area contributed by atoms with E-state index in [1.54, 1.807) is 29.6 Å². The van der Waals surface area contributed by atoms with Crippen LogP contribution < -0.4 is 24.8 Å². The predicted octanol–water partition coefficient (Wildman–Crippen LogP) is 5.56. The molecule has 0 unspecified atom stereocenters. The number of halogens is 3. The Balaban J connectivity index is 1.70. The van der Waals surface area contributed by atoms with Crippen LogP contribution in [0, 0.1) is 11.6 Å². The van der Waals surface area contributed by atoms with Crippen LogP contribution in [0.3, 0.4) is 0 Å². The van der Waals surface area contributed by atoms with Crippen molar-refractivity contribution in [1.82, 2.24) is 4.98 Å². The van der Waals surface area contributed by atoms with Crippen molar-refractivity contribution in [3.8, 4) is 11.5 Å². The molecule has 0 bridgehead atoms. The molecule has 4 aromatic rings. The molecule has 200 valence electrons. The second kappa shape index (κ2) is 11.5. The van der Waals surface area contributed by atoms with E-state index in [-0.39, 0.29) is 22.9 Å². The Hall–Kier alpha value is -3.45. The van der Waals surface area contributed by atoms with Crippen molar-refractivity contribution < 1.29 is 26.7 Å². The summed E-state index contributed by atoms with van der Waals surface area (Å²) in [6.07, 6.45) is 0.374. The lowest BCUT2D eigenvalue weighted by Crippen LogP contribution is -2.31. The van der Waals surface area contributed by atoms with E-state index in [0.717, 1.165) is 21.7 Å². The minimum atomic E-state index is -4.50. The smallest absolute Gasteiger partial charge is 0.269 e. The van der Waals surface area contributed by atoms with Gasteiger partial charge in [0.2, 0.25) is 0 Å². The van der Waals surface area contributed by atoms with Gasteiger partial charge in [-0.25, -0.2) is 26.5 Å². The van der Waals surface area contributed by atoms with Gasteiger partial charge in [0.1, 0.15) is 33.4 Å². The number of ether oxygens (including phenoxy) is 2. The van der Waals surface area contributed by atoms with E-state index in [1.807, 2.05) is 0 Å². The number of nitrogens with one attached hydrogen (secondary N) is 1. The second-order valence-electron chi connectivity index (χ2n) is 7.89. The fraction of sp³-hybridized carbons (Fsp3) is 0.160. The third-order valence-electron chi connectivity index (χ3n) is 5.61. The molecule has 0 fully saturated rings. The first kappa shape index (κ1) is 27.6. The van der Waals surface area contributed by atoms with Crippen molar-refractivity contribution in [2.75, 3.05) is 23.8 Å². The summed E-state index contributed by atoms with van der Waals surface area (Å²) < 4.78 is 68.7. The lowest BCUT2D eigenvalue weighted by Gasteiger charge is -2.24. The van der Waals surface area contributed by atoms with Gasteiger partial charge < -0.3 is 20.5 Å². The highest BCUT2D eigenvalue weighted by atomic mass is 35.5. The summed E-state index contributed by atoms with van der Waals surface area (Å²) >= 11 is 7.29. The molecule has 0 saturated heterocycles. The summed E-state index contributed by atoms with van der Waals surface area (Å²) in [5.74, 6) is -0.859. The molecule has 1 heterocycles. The molecule has 8 nitrogen and oxygen atoms in total. The summed E-state index contributed by atoms with van der Waals surface area (Å²) in [4.78, 5) is 3.45. The Morgan fingerprint density at radius 1 is 1.13 bits per heavy atom. The fourth-order valence-corrected chi connectivity index (χ4v) is 6.28. The number of methoxy groups -OCH3 is 2. The molecular weight excluding hydrogens is 558 g/mol. The van der Waals surface area contributed by atoms with Crippen LogP contribution in [0.2, 0.25) is 5.02 Å². The lowest BCUT2D eigenvalue weighted by atomic mass is 10.1. The average Bonchev–Trinajstić information content (AvgIpc) is 3.44. The highest BCUT2D eigenvalue weighted by Gasteiger charge is 2.32. The molecule has 3 N–H and O–H groups in total. The SMILES string of the molecule is COc1ccc(CN(c2nccs2)S(=O)(=O)c2ccc(N[C@@H](N)c3ccccc3F)c(Cl)c2F)c(OC)c1. The van der Waals surface area contributed by atoms with Gasteiger partial charge in [0.25, 0.3) is 10.0 Å². The maximum Gasteiger partial charge on any atom is 0.269 e. The Bertz CT molecular complexity index is 1540. The standard InChI is InChI=1S/C25H23ClF2N4O4S2/c1-35-16-8-7-15(20(13-16)36-2)14-32(25-30-11-12-37-25)38(33,34)21-10-9-19(22(26)23(21)28)31-24(29)17-5-3-4-6-18(17)27/h3-13,24,31H,14,29H2,1-2H3/t24-/m1/s1. The number of sulfonamides is 1. The van der Waals surface area contributed by atoms with E-state index in [0.29, 0.717) is 17.1 Å². The zero-order valence-electron chi connectivity index (χ0n) is 20.2. The predicted molar refractivity (Wildman–Crippen MR) is 143 cm³/mol. The minimum absolute atomic E-state index is 0.00325. The number of anilines is 2. The van der Waals surface area contributed by atoms with Gasteiger partial charge in [-0.15, -0.1) is 11.3 Å². The molecule has 1 aromatic heterocycles. The summed E-state index contributed by atoms with van der Waals surface area (Å²) in [5, 5.41) is 3.93. The third kappa shape index (κ3) is 5.53. The van der Waals surface area contributed by atoms with Gasteiger partial charge >= 0.3 is 0 Å². The first-order valence-electron chi connectivity index (χ1n) is 11.0. The van der Waals surface area contributed by atoms with Crippen LogP contribution in [0.5, 0.6) is 11.5 Å². The highest BCUT2D eigenvalue weighted by molar-refractivity contribution is 7.93. The highest BCUT2D eigenvalue weighted by Crippen LogP contribution is 2.36. The molecule has 0 amide bonds. The molecule has 3 aromatic carbocycles. The number of hydrogen-bond acceptors (Lipinski definition) is 8. The van der Waals surface area contributed by atoms with Crippen molar-refractivity contribution in [3.63, 3.8) is 0 Å². The largest absolute Gasteiger partial charge is 0.497 e. The van der Waals surface area contributed by atoms with E-state index < -0.39 is 37.7 Å². The van der Waals surface area contributed by atoms with Crippen LogP contribution in [-0.4, -0.2) is 27.6 Å². The molecule has 0 saturated carbocycles. The molecule has 0 spiro atoms.